The summed E-state index contributed by atoms with van der Waals surface area (Å²) < 4.78 is 5.07. The van der Waals surface area contributed by atoms with E-state index in [-0.39, 0.29) is 5.41 Å². The van der Waals surface area contributed by atoms with Gasteiger partial charge in [0.1, 0.15) is 0 Å². The van der Waals surface area contributed by atoms with Crippen LogP contribution in [0.25, 0.3) is 0 Å². The average molecular weight is 229 g/mol. The van der Waals surface area contributed by atoms with Crippen molar-refractivity contribution < 1.29 is 14.6 Å². The van der Waals surface area contributed by atoms with Gasteiger partial charge in [0.25, 0.3) is 0 Å². The van der Waals surface area contributed by atoms with Gasteiger partial charge in [0.05, 0.1) is 0 Å². The van der Waals surface area contributed by atoms with Crippen molar-refractivity contribution in [1.29, 1.82) is 0 Å². The van der Waals surface area contributed by atoms with E-state index in [1.54, 1.807) is 0 Å². The first kappa shape index (κ1) is 13.5. The summed E-state index contributed by atoms with van der Waals surface area (Å²) in [5.41, 5.74) is -0.316. The fourth-order valence-corrected chi connectivity index (χ4v) is 2.34. The Morgan fingerprint density at radius 1 is 1.44 bits per heavy atom. The number of likely N-dealkylation sites (tertiary alicyclic amines) is 1. The molecule has 0 aliphatic carbocycles. The molecule has 0 aromatic rings. The molecule has 0 radical (unpaired) electrons. The van der Waals surface area contributed by atoms with Crippen molar-refractivity contribution in [2.75, 3.05) is 26.7 Å². The highest BCUT2D eigenvalue weighted by Gasteiger charge is 2.35. The third-order valence-electron chi connectivity index (χ3n) is 3.44. The van der Waals surface area contributed by atoms with Crippen molar-refractivity contribution in [1.82, 2.24) is 4.90 Å². The lowest BCUT2D eigenvalue weighted by Gasteiger charge is -2.31. The Morgan fingerprint density at radius 2 is 2.00 bits per heavy atom. The number of carboxylic acids is 1. The number of hydrogen-bond acceptors (Lipinski definition) is 3. The third-order valence-corrected chi connectivity index (χ3v) is 3.44. The molecule has 1 atom stereocenters. The van der Waals surface area contributed by atoms with Crippen molar-refractivity contribution in [3.05, 3.63) is 0 Å². The second-order valence-corrected chi connectivity index (χ2v) is 5.24. The maximum absolute atomic E-state index is 11.0. The molecule has 4 heteroatoms. The van der Waals surface area contributed by atoms with Crippen molar-refractivity contribution in [3.8, 4) is 0 Å². The maximum Gasteiger partial charge on any atom is 0.333 e. The van der Waals surface area contributed by atoms with Gasteiger partial charge in [0.15, 0.2) is 6.10 Å². The van der Waals surface area contributed by atoms with E-state index < -0.39 is 12.1 Å². The van der Waals surface area contributed by atoms with Crippen molar-refractivity contribution in [3.63, 3.8) is 0 Å². The molecular formula is C12H23NO3. The lowest BCUT2D eigenvalue weighted by atomic mass is 9.83. The quantitative estimate of drug-likeness (QED) is 0.751. The Balaban J connectivity index is 2.45. The number of methoxy groups -OCH3 is 1. The van der Waals surface area contributed by atoms with Gasteiger partial charge >= 0.3 is 5.97 Å². The predicted molar refractivity (Wildman–Crippen MR) is 62.5 cm³/mol. The van der Waals surface area contributed by atoms with Crippen molar-refractivity contribution in [2.24, 2.45) is 5.41 Å². The summed E-state index contributed by atoms with van der Waals surface area (Å²) in [7, 11) is 1.47. The molecule has 1 N–H and O–H groups in total. The molecule has 4 nitrogen and oxygen atoms in total. The molecule has 0 aromatic heterocycles. The second-order valence-electron chi connectivity index (χ2n) is 5.24. The van der Waals surface area contributed by atoms with Crippen LogP contribution in [0.2, 0.25) is 0 Å². The summed E-state index contributed by atoms with van der Waals surface area (Å²) in [6.07, 6.45) is 2.69. The molecule has 1 saturated heterocycles. The first-order valence-corrected chi connectivity index (χ1v) is 5.95. The smallest absolute Gasteiger partial charge is 0.333 e. The zero-order valence-corrected chi connectivity index (χ0v) is 10.5. The van der Waals surface area contributed by atoms with Crippen LogP contribution >= 0.6 is 0 Å². The second kappa shape index (κ2) is 5.64. The van der Waals surface area contributed by atoms with Gasteiger partial charge in [-0.1, -0.05) is 13.8 Å². The van der Waals surface area contributed by atoms with E-state index in [2.05, 4.69) is 4.90 Å². The molecule has 1 aliphatic rings. The summed E-state index contributed by atoms with van der Waals surface area (Å²) in [5, 5.41) is 9.06. The minimum absolute atomic E-state index is 0.316. The molecule has 1 rings (SSSR count). The average Bonchev–Trinajstić information content (AvgIpc) is 2.67. The molecular weight excluding hydrogens is 206 g/mol. The lowest BCUT2D eigenvalue weighted by molar-refractivity contribution is -0.156. The third kappa shape index (κ3) is 3.46. The molecule has 0 saturated carbocycles. The number of aliphatic carboxylic acids is 1. The van der Waals surface area contributed by atoms with Crippen LogP contribution in [0, 0.1) is 5.41 Å². The Labute approximate surface area is 97.6 Å². The fourth-order valence-electron chi connectivity index (χ4n) is 2.34. The van der Waals surface area contributed by atoms with E-state index in [0.29, 0.717) is 0 Å². The van der Waals surface area contributed by atoms with E-state index in [9.17, 15) is 4.79 Å². The number of rotatable bonds is 6. The molecule has 94 valence electrons. The predicted octanol–water partition coefficient (Wildman–Crippen LogP) is 1.60. The lowest BCUT2D eigenvalue weighted by Crippen LogP contribution is -2.40. The van der Waals surface area contributed by atoms with E-state index in [1.165, 1.54) is 20.0 Å². The minimum Gasteiger partial charge on any atom is -0.479 e. The number of carbonyl (C=O) groups is 1. The van der Waals surface area contributed by atoms with Crippen LogP contribution in [-0.4, -0.2) is 48.8 Å². The van der Waals surface area contributed by atoms with Gasteiger partial charge in [-0.15, -0.1) is 0 Å². The van der Waals surface area contributed by atoms with Crippen LogP contribution in [0.3, 0.4) is 0 Å². The van der Waals surface area contributed by atoms with Crippen LogP contribution < -0.4 is 0 Å². The van der Waals surface area contributed by atoms with Gasteiger partial charge in [-0.3, -0.25) is 0 Å². The maximum atomic E-state index is 11.0. The molecule has 0 amide bonds. The number of ether oxygens (including phenoxy) is 1. The van der Waals surface area contributed by atoms with Gasteiger partial charge in [-0.25, -0.2) is 4.79 Å². The summed E-state index contributed by atoms with van der Waals surface area (Å²) in [5.74, 6) is -0.867. The molecule has 1 aliphatic heterocycles. The van der Waals surface area contributed by atoms with Crippen molar-refractivity contribution >= 4 is 5.97 Å². The van der Waals surface area contributed by atoms with Crippen molar-refractivity contribution in [2.45, 2.75) is 39.2 Å². The summed E-state index contributed by atoms with van der Waals surface area (Å²) >= 11 is 0. The molecule has 0 bridgehead atoms. The monoisotopic (exact) mass is 229 g/mol. The first-order chi connectivity index (χ1) is 7.47. The molecule has 16 heavy (non-hydrogen) atoms. The number of hydrogen-bond donors (Lipinski definition) is 1. The van der Waals surface area contributed by atoms with Gasteiger partial charge in [-0.2, -0.15) is 0 Å². The topological polar surface area (TPSA) is 49.8 Å². The van der Waals surface area contributed by atoms with Gasteiger partial charge in [-0.05, 0) is 38.9 Å². The fraction of sp³-hybridized carbons (Fsp3) is 0.917. The van der Waals surface area contributed by atoms with Crippen LogP contribution in [0.1, 0.15) is 33.1 Å². The normalized spacial score (nSPS) is 19.9. The van der Waals surface area contributed by atoms with E-state index >= 15 is 0 Å². The minimum atomic E-state index is -0.867. The molecule has 1 fully saturated rings. The van der Waals surface area contributed by atoms with Crippen LogP contribution in [0.5, 0.6) is 0 Å². The first-order valence-electron chi connectivity index (χ1n) is 5.95. The Hall–Kier alpha value is -0.610. The van der Waals surface area contributed by atoms with E-state index in [1.807, 2.05) is 13.8 Å². The Bertz CT molecular complexity index is 234. The SMILES string of the molecule is COC(C(=O)O)C(C)(C)CCN1CCCC1. The molecule has 1 heterocycles. The highest BCUT2D eigenvalue weighted by molar-refractivity contribution is 5.73. The highest BCUT2D eigenvalue weighted by atomic mass is 16.5. The summed E-state index contributed by atoms with van der Waals surface area (Å²) in [6.45, 7) is 7.21. The highest BCUT2D eigenvalue weighted by Crippen LogP contribution is 2.28. The van der Waals surface area contributed by atoms with E-state index in [4.69, 9.17) is 9.84 Å². The van der Waals surface area contributed by atoms with Crippen LogP contribution in [0.15, 0.2) is 0 Å². The van der Waals surface area contributed by atoms with Gasteiger partial charge in [0, 0.05) is 12.5 Å². The Morgan fingerprint density at radius 3 is 2.44 bits per heavy atom. The largest absolute Gasteiger partial charge is 0.479 e. The standard InChI is InChI=1S/C12H23NO3/c1-12(2,10(16-3)11(14)15)6-9-13-7-4-5-8-13/h10H,4-9H2,1-3H3,(H,14,15). The molecule has 1 unspecified atom stereocenters. The van der Waals surface area contributed by atoms with Crippen LogP contribution in [-0.2, 0) is 9.53 Å². The van der Waals surface area contributed by atoms with Gasteiger partial charge < -0.3 is 14.7 Å². The zero-order chi connectivity index (χ0) is 12.2. The Kier molecular flexibility index (Phi) is 4.74. The molecule has 0 aromatic carbocycles. The van der Waals surface area contributed by atoms with Gasteiger partial charge in [0.2, 0.25) is 0 Å². The summed E-state index contributed by atoms with van der Waals surface area (Å²) in [4.78, 5) is 13.4. The number of carboxylic acid groups (broad SMARTS) is 1. The summed E-state index contributed by atoms with van der Waals surface area (Å²) in [6, 6.07) is 0. The van der Waals surface area contributed by atoms with E-state index in [0.717, 1.165) is 26.1 Å². The molecule has 0 spiro atoms. The number of nitrogens with zero attached hydrogens (tertiary/aromatic N) is 1. The zero-order valence-electron chi connectivity index (χ0n) is 10.5. The van der Waals surface area contributed by atoms with Crippen LogP contribution in [0.4, 0.5) is 0 Å².